The van der Waals surface area contributed by atoms with Crippen molar-refractivity contribution in [2.24, 2.45) is 0 Å². The zero-order valence-electron chi connectivity index (χ0n) is 24.9. The normalized spacial score (nSPS) is 20.0. The van der Waals surface area contributed by atoms with Gasteiger partial charge in [-0.1, -0.05) is 0 Å². The van der Waals surface area contributed by atoms with Gasteiger partial charge in [-0.3, -0.25) is 0 Å². The number of hydrogen-bond donors (Lipinski definition) is 0. The number of benzene rings is 3. The second-order valence-electron chi connectivity index (χ2n) is 14.3. The summed E-state index contributed by atoms with van der Waals surface area (Å²) >= 11 is -2.81. The molecule has 0 saturated carbocycles. The van der Waals surface area contributed by atoms with Gasteiger partial charge >= 0.3 is 233 Å². The predicted molar refractivity (Wildman–Crippen MR) is 163 cm³/mol. The van der Waals surface area contributed by atoms with Crippen molar-refractivity contribution in [1.82, 2.24) is 0 Å². The van der Waals surface area contributed by atoms with Crippen LogP contribution in [0.4, 0.5) is 0 Å². The SMILES string of the molecule is Cc1ccc2[c](c1)[Ge]([CH3])([CH3])[c]1cc(O[Si](C)(C)C(C)(C)C)ccc1C21OC(=O)c2ccc(C(C)(C)C)cc21. The number of hydrogen-bond acceptors (Lipinski definition) is 3. The molecule has 200 valence electrons. The molecule has 5 heteroatoms. The molecule has 3 nitrogen and oxygen atoms in total. The minimum atomic E-state index is -2.81. The molecule has 0 saturated heterocycles. The van der Waals surface area contributed by atoms with Crippen molar-refractivity contribution in [2.75, 3.05) is 0 Å². The predicted octanol–water partition coefficient (Wildman–Crippen LogP) is 7.27. The molecule has 0 radical (unpaired) electrons. The second kappa shape index (κ2) is 8.34. The third kappa shape index (κ3) is 3.93. The Bertz CT molecular complexity index is 1470. The minimum absolute atomic E-state index is 0.0482. The van der Waals surface area contributed by atoms with Gasteiger partial charge in [-0.2, -0.15) is 0 Å². The van der Waals surface area contributed by atoms with Gasteiger partial charge in [0.05, 0.1) is 0 Å². The van der Waals surface area contributed by atoms with Crippen LogP contribution in [-0.4, -0.2) is 27.6 Å². The first-order valence-electron chi connectivity index (χ1n) is 13.7. The Morgan fingerprint density at radius 2 is 1.42 bits per heavy atom. The molecule has 1 unspecified atom stereocenters. The van der Waals surface area contributed by atoms with Crippen LogP contribution in [0.1, 0.15) is 79.7 Å². The van der Waals surface area contributed by atoms with Crippen LogP contribution in [0.5, 0.6) is 5.75 Å². The standard InChI is InChI=1S/C33H42GeO3Si/c1-21-12-16-25-28(18-21)34(8,9)29-20-23(37-38(10,11)32(5,6)7)14-17-26(29)33(25)27-19-22(31(2,3)4)13-15-24(27)30(35)36-33/h12-20H,1-11H3. The Hall–Kier alpha value is -2.31. The van der Waals surface area contributed by atoms with Crippen LogP contribution in [0.2, 0.25) is 29.6 Å². The molecule has 0 aliphatic carbocycles. The van der Waals surface area contributed by atoms with Crippen molar-refractivity contribution in [1.29, 1.82) is 0 Å². The number of aryl methyl sites for hydroxylation is 1. The molecule has 0 bridgehead atoms. The molecule has 1 spiro atoms. The summed E-state index contributed by atoms with van der Waals surface area (Å²) in [7, 11) is -2.02. The fraction of sp³-hybridized carbons (Fsp3) is 0.424. The topological polar surface area (TPSA) is 35.5 Å². The number of carbonyl (C=O) groups excluding carboxylic acids is 1. The van der Waals surface area contributed by atoms with Crippen molar-refractivity contribution >= 4 is 36.3 Å². The average Bonchev–Trinajstić information content (AvgIpc) is 3.09. The molecule has 2 aliphatic rings. The van der Waals surface area contributed by atoms with Gasteiger partial charge in [0.15, 0.2) is 0 Å². The van der Waals surface area contributed by atoms with Crippen LogP contribution in [0.15, 0.2) is 54.6 Å². The van der Waals surface area contributed by atoms with E-state index in [-0.39, 0.29) is 16.4 Å². The van der Waals surface area contributed by atoms with Crippen LogP contribution in [0.25, 0.3) is 0 Å². The van der Waals surface area contributed by atoms with Crippen molar-refractivity contribution < 1.29 is 14.0 Å². The van der Waals surface area contributed by atoms with Gasteiger partial charge in [0.1, 0.15) is 0 Å². The Balaban J connectivity index is 1.82. The zero-order valence-corrected chi connectivity index (χ0v) is 28.0. The number of fused-ring (bicyclic) bond motifs is 6. The van der Waals surface area contributed by atoms with Gasteiger partial charge in [-0.05, 0) is 0 Å². The number of esters is 1. The van der Waals surface area contributed by atoms with Crippen molar-refractivity contribution in [3.05, 3.63) is 88.0 Å². The van der Waals surface area contributed by atoms with Gasteiger partial charge in [-0.25, -0.2) is 0 Å². The van der Waals surface area contributed by atoms with Crippen LogP contribution in [0.3, 0.4) is 0 Å². The molecule has 2 aliphatic heterocycles. The van der Waals surface area contributed by atoms with E-state index in [0.717, 1.165) is 22.4 Å². The van der Waals surface area contributed by atoms with E-state index in [1.54, 1.807) is 0 Å². The Labute approximate surface area is 232 Å². The summed E-state index contributed by atoms with van der Waals surface area (Å²) in [5, 5.41) is 0.105. The molecule has 0 amide bonds. The maximum absolute atomic E-state index is 13.5. The summed E-state index contributed by atoms with van der Waals surface area (Å²) in [6.45, 7) is 20.2. The molecule has 2 heterocycles. The number of carbonyl (C=O) groups is 1. The Morgan fingerprint density at radius 1 is 0.816 bits per heavy atom. The van der Waals surface area contributed by atoms with E-state index >= 15 is 0 Å². The molecule has 3 aromatic carbocycles. The first-order valence-corrected chi connectivity index (χ1v) is 22.9. The fourth-order valence-corrected chi connectivity index (χ4v) is 13.6. The molecular formula is C33H42GeO3Si. The van der Waals surface area contributed by atoms with Crippen molar-refractivity contribution in [2.45, 2.75) is 89.1 Å². The summed E-state index contributed by atoms with van der Waals surface area (Å²) in [5.41, 5.74) is 5.34. The Morgan fingerprint density at radius 3 is 2.03 bits per heavy atom. The van der Waals surface area contributed by atoms with E-state index in [9.17, 15) is 4.79 Å². The van der Waals surface area contributed by atoms with E-state index in [1.807, 2.05) is 6.07 Å². The Kier molecular flexibility index (Phi) is 5.99. The number of rotatable bonds is 2. The first-order chi connectivity index (χ1) is 17.4. The third-order valence-electron chi connectivity index (χ3n) is 9.18. The molecule has 0 fully saturated rings. The van der Waals surface area contributed by atoms with E-state index in [1.165, 1.54) is 19.9 Å². The van der Waals surface area contributed by atoms with Gasteiger partial charge in [-0.15, -0.1) is 0 Å². The molecule has 0 aromatic heterocycles. The van der Waals surface area contributed by atoms with E-state index in [4.69, 9.17) is 9.16 Å². The first kappa shape index (κ1) is 27.3. The van der Waals surface area contributed by atoms with Gasteiger partial charge in [0.2, 0.25) is 0 Å². The molecule has 3 aromatic rings. The maximum atomic E-state index is 13.5. The van der Waals surface area contributed by atoms with Gasteiger partial charge < -0.3 is 0 Å². The van der Waals surface area contributed by atoms with Crippen LogP contribution in [0, 0.1) is 6.92 Å². The van der Waals surface area contributed by atoms with Crippen LogP contribution < -0.4 is 13.2 Å². The van der Waals surface area contributed by atoms with Crippen LogP contribution >= 0.6 is 0 Å². The monoisotopic (exact) mass is 588 g/mol. The fourth-order valence-electron chi connectivity index (χ4n) is 5.76. The third-order valence-corrected chi connectivity index (χ3v) is 20.9. The van der Waals surface area contributed by atoms with E-state index in [0.29, 0.717) is 5.56 Å². The van der Waals surface area contributed by atoms with Crippen molar-refractivity contribution in [3.8, 4) is 5.75 Å². The zero-order chi connectivity index (χ0) is 28.1. The second-order valence-corrected chi connectivity index (χ2v) is 28.1. The van der Waals surface area contributed by atoms with E-state index < -0.39 is 27.2 Å². The number of ether oxygens (including phenoxy) is 1. The summed E-state index contributed by atoms with van der Waals surface area (Å²) in [5.74, 6) is 5.62. The molecular weight excluding hydrogens is 545 g/mol. The quantitative estimate of drug-likeness (QED) is 0.234. The average molecular weight is 587 g/mol. The van der Waals surface area contributed by atoms with Crippen LogP contribution in [-0.2, 0) is 15.8 Å². The van der Waals surface area contributed by atoms with Gasteiger partial charge in [0.25, 0.3) is 0 Å². The van der Waals surface area contributed by atoms with E-state index in [2.05, 4.69) is 122 Å². The summed E-state index contributed by atoms with van der Waals surface area (Å²) in [6.07, 6.45) is 0. The molecule has 0 N–H and O–H groups in total. The molecule has 38 heavy (non-hydrogen) atoms. The molecule has 5 rings (SSSR count). The van der Waals surface area contributed by atoms with Gasteiger partial charge in [0, 0.05) is 0 Å². The summed E-state index contributed by atoms with van der Waals surface area (Å²) in [6, 6.07) is 19.6. The van der Waals surface area contributed by atoms with Crippen molar-refractivity contribution in [3.63, 3.8) is 0 Å². The molecule has 1 atom stereocenters. The summed E-state index contributed by atoms with van der Waals surface area (Å²) in [4.78, 5) is 13.5. The summed E-state index contributed by atoms with van der Waals surface area (Å²) < 4.78 is 16.1.